The van der Waals surface area contributed by atoms with Crippen molar-refractivity contribution in [2.24, 2.45) is 17.3 Å². The van der Waals surface area contributed by atoms with E-state index in [0.717, 1.165) is 19.3 Å². The van der Waals surface area contributed by atoms with Gasteiger partial charge in [0.1, 0.15) is 6.04 Å². The van der Waals surface area contributed by atoms with Gasteiger partial charge in [0.2, 0.25) is 5.91 Å². The molecule has 0 heterocycles. The van der Waals surface area contributed by atoms with Gasteiger partial charge in [0.15, 0.2) is 0 Å². The third kappa shape index (κ3) is 6.90. The van der Waals surface area contributed by atoms with Crippen molar-refractivity contribution in [1.29, 1.82) is 0 Å². The summed E-state index contributed by atoms with van der Waals surface area (Å²) < 4.78 is 0. The maximum atomic E-state index is 12.4. The Hall–Kier alpha value is -1.10. The van der Waals surface area contributed by atoms with Crippen molar-refractivity contribution < 1.29 is 14.7 Å². The second-order valence-electron chi connectivity index (χ2n) is 8.96. The summed E-state index contributed by atoms with van der Waals surface area (Å²) in [6.45, 7) is 12.6. The van der Waals surface area contributed by atoms with Crippen LogP contribution >= 0.6 is 0 Å². The van der Waals surface area contributed by atoms with Crippen LogP contribution in [0.4, 0.5) is 0 Å². The fraction of sp³-hybridized carbons (Fsp3) is 0.889. The van der Waals surface area contributed by atoms with Gasteiger partial charge in [-0.1, -0.05) is 27.2 Å². The molecule has 0 radical (unpaired) electrons. The highest BCUT2D eigenvalue weighted by Gasteiger charge is 2.34. The Morgan fingerprint density at radius 1 is 1.13 bits per heavy atom. The van der Waals surface area contributed by atoms with E-state index in [0.29, 0.717) is 5.92 Å². The van der Waals surface area contributed by atoms with Crippen molar-refractivity contribution in [2.45, 2.75) is 78.8 Å². The molecule has 3 atom stereocenters. The van der Waals surface area contributed by atoms with Crippen molar-refractivity contribution in [2.75, 3.05) is 6.54 Å². The summed E-state index contributed by atoms with van der Waals surface area (Å²) in [6, 6.07) is -0.763. The minimum atomic E-state index is -0.934. The molecule has 0 aromatic rings. The highest BCUT2D eigenvalue weighted by atomic mass is 16.4. The van der Waals surface area contributed by atoms with E-state index in [1.54, 1.807) is 0 Å². The zero-order valence-electron chi connectivity index (χ0n) is 15.5. The lowest BCUT2D eigenvalue weighted by Gasteiger charge is -2.37. The average molecular weight is 326 g/mol. The zero-order chi connectivity index (χ0) is 17.8. The first-order valence-corrected chi connectivity index (χ1v) is 8.68. The monoisotopic (exact) mass is 326 g/mol. The lowest BCUT2D eigenvalue weighted by atomic mass is 9.69. The van der Waals surface area contributed by atoms with Gasteiger partial charge in [-0.25, -0.2) is 0 Å². The van der Waals surface area contributed by atoms with Crippen molar-refractivity contribution in [3.8, 4) is 0 Å². The van der Waals surface area contributed by atoms with E-state index in [-0.39, 0.29) is 29.3 Å². The van der Waals surface area contributed by atoms with Gasteiger partial charge in [-0.3, -0.25) is 14.9 Å². The van der Waals surface area contributed by atoms with Crippen LogP contribution in [0.3, 0.4) is 0 Å². The highest BCUT2D eigenvalue weighted by molar-refractivity contribution is 5.80. The molecule has 0 aromatic heterocycles. The summed E-state index contributed by atoms with van der Waals surface area (Å²) in [6.07, 6.45) is 4.06. The van der Waals surface area contributed by atoms with Crippen molar-refractivity contribution >= 4 is 11.9 Å². The molecule has 1 rings (SSSR count). The number of carboxylic acids is 1. The van der Waals surface area contributed by atoms with Gasteiger partial charge < -0.3 is 10.4 Å². The van der Waals surface area contributed by atoms with Gasteiger partial charge in [-0.15, -0.1) is 0 Å². The molecule has 0 bridgehead atoms. The Kier molecular flexibility index (Phi) is 6.63. The number of carboxylic acid groups (broad SMARTS) is 1. The molecule has 1 aliphatic rings. The van der Waals surface area contributed by atoms with Gasteiger partial charge in [0.05, 0.1) is 0 Å². The van der Waals surface area contributed by atoms with Gasteiger partial charge in [0, 0.05) is 18.0 Å². The van der Waals surface area contributed by atoms with Gasteiger partial charge >= 0.3 is 5.97 Å². The zero-order valence-corrected chi connectivity index (χ0v) is 15.5. The molecule has 23 heavy (non-hydrogen) atoms. The third-order valence-electron chi connectivity index (χ3n) is 4.66. The SMILES string of the molecule is CC(C)(C)NC(CNC(=O)C1CCCC(C(C)(C)C)C1)C(=O)O. The molecule has 0 aliphatic heterocycles. The van der Waals surface area contributed by atoms with E-state index in [1.807, 2.05) is 20.8 Å². The Labute approximate surface area is 140 Å². The summed E-state index contributed by atoms with van der Waals surface area (Å²) in [7, 11) is 0. The number of amides is 1. The summed E-state index contributed by atoms with van der Waals surface area (Å²) >= 11 is 0. The Morgan fingerprint density at radius 3 is 2.22 bits per heavy atom. The topological polar surface area (TPSA) is 78.4 Å². The molecular weight excluding hydrogens is 292 g/mol. The summed E-state index contributed by atoms with van der Waals surface area (Å²) in [5.74, 6) is -0.371. The van der Waals surface area contributed by atoms with Crippen molar-refractivity contribution in [3.63, 3.8) is 0 Å². The predicted octanol–water partition coefficient (Wildman–Crippen LogP) is 2.80. The lowest BCUT2D eigenvalue weighted by Crippen LogP contribution is -2.53. The van der Waals surface area contributed by atoms with Crippen LogP contribution in [-0.2, 0) is 9.59 Å². The quantitative estimate of drug-likeness (QED) is 0.726. The minimum Gasteiger partial charge on any atom is -0.480 e. The average Bonchev–Trinajstić information content (AvgIpc) is 2.40. The number of carbonyl (C=O) groups excluding carboxylic acids is 1. The molecule has 3 N–H and O–H groups in total. The molecule has 1 fully saturated rings. The molecular formula is C18H34N2O3. The number of hydrogen-bond acceptors (Lipinski definition) is 3. The Balaban J connectivity index is 2.56. The van der Waals surface area contributed by atoms with E-state index < -0.39 is 12.0 Å². The molecule has 5 nitrogen and oxygen atoms in total. The molecule has 1 amide bonds. The fourth-order valence-corrected chi connectivity index (χ4v) is 3.28. The van der Waals surface area contributed by atoms with E-state index >= 15 is 0 Å². The molecule has 3 unspecified atom stereocenters. The van der Waals surface area contributed by atoms with Gasteiger partial charge in [-0.05, 0) is 51.4 Å². The predicted molar refractivity (Wildman–Crippen MR) is 92.2 cm³/mol. The molecule has 5 heteroatoms. The maximum absolute atomic E-state index is 12.4. The van der Waals surface area contributed by atoms with Gasteiger partial charge in [0.25, 0.3) is 0 Å². The van der Waals surface area contributed by atoms with E-state index in [1.165, 1.54) is 6.42 Å². The Morgan fingerprint density at radius 2 is 1.74 bits per heavy atom. The fourth-order valence-electron chi connectivity index (χ4n) is 3.28. The maximum Gasteiger partial charge on any atom is 0.322 e. The summed E-state index contributed by atoms with van der Waals surface area (Å²) in [4.78, 5) is 23.8. The molecule has 0 saturated heterocycles. The largest absolute Gasteiger partial charge is 0.480 e. The smallest absolute Gasteiger partial charge is 0.322 e. The summed E-state index contributed by atoms with van der Waals surface area (Å²) in [5.41, 5.74) is -0.0910. The Bertz CT molecular complexity index is 421. The number of hydrogen-bond donors (Lipinski definition) is 3. The van der Waals surface area contributed by atoms with E-state index in [4.69, 9.17) is 0 Å². The second-order valence-corrected chi connectivity index (χ2v) is 8.96. The molecule has 1 saturated carbocycles. The molecule has 1 aliphatic carbocycles. The van der Waals surface area contributed by atoms with Crippen LogP contribution in [-0.4, -0.2) is 35.1 Å². The van der Waals surface area contributed by atoms with Gasteiger partial charge in [-0.2, -0.15) is 0 Å². The number of carbonyl (C=O) groups is 2. The van der Waals surface area contributed by atoms with E-state index in [2.05, 4.69) is 31.4 Å². The van der Waals surface area contributed by atoms with Crippen LogP contribution < -0.4 is 10.6 Å². The van der Waals surface area contributed by atoms with Crippen LogP contribution in [0.15, 0.2) is 0 Å². The van der Waals surface area contributed by atoms with Crippen molar-refractivity contribution in [1.82, 2.24) is 10.6 Å². The second kappa shape index (κ2) is 7.65. The standard InChI is InChI=1S/C18H34N2O3/c1-17(2,3)13-9-7-8-12(10-13)15(21)19-11-14(16(22)23)20-18(4,5)6/h12-14,20H,7-11H2,1-6H3,(H,19,21)(H,22,23). The minimum absolute atomic E-state index is 0.000842. The third-order valence-corrected chi connectivity index (χ3v) is 4.66. The molecule has 0 aromatic carbocycles. The van der Waals surface area contributed by atoms with Crippen LogP contribution in [0.2, 0.25) is 0 Å². The van der Waals surface area contributed by atoms with E-state index in [9.17, 15) is 14.7 Å². The summed E-state index contributed by atoms with van der Waals surface area (Å²) in [5, 5.41) is 15.2. The number of nitrogens with one attached hydrogen (secondary N) is 2. The van der Waals surface area contributed by atoms with Crippen LogP contribution in [0.25, 0.3) is 0 Å². The van der Waals surface area contributed by atoms with Crippen LogP contribution in [0, 0.1) is 17.3 Å². The molecule has 134 valence electrons. The van der Waals surface area contributed by atoms with Crippen LogP contribution in [0.5, 0.6) is 0 Å². The normalized spacial score (nSPS) is 24.1. The first kappa shape index (κ1) is 19.9. The van der Waals surface area contributed by atoms with Crippen molar-refractivity contribution in [3.05, 3.63) is 0 Å². The number of aliphatic carboxylic acids is 1. The molecule has 0 spiro atoms. The van der Waals surface area contributed by atoms with Crippen LogP contribution in [0.1, 0.15) is 67.2 Å². The first-order chi connectivity index (χ1) is 10.4. The lowest BCUT2D eigenvalue weighted by molar-refractivity contribution is -0.140. The number of rotatable bonds is 5. The first-order valence-electron chi connectivity index (χ1n) is 8.68. The highest BCUT2D eigenvalue weighted by Crippen LogP contribution is 2.40.